The van der Waals surface area contributed by atoms with Gasteiger partial charge in [-0.05, 0) is 29.0 Å². The van der Waals surface area contributed by atoms with Crippen molar-refractivity contribution in [3.63, 3.8) is 0 Å². The summed E-state index contributed by atoms with van der Waals surface area (Å²) < 4.78 is 17.9. The van der Waals surface area contributed by atoms with Crippen LogP contribution in [0.5, 0.6) is 17.2 Å². The van der Waals surface area contributed by atoms with E-state index in [1.165, 1.54) is 11.3 Å². The third-order valence-electron chi connectivity index (χ3n) is 5.28. The van der Waals surface area contributed by atoms with Crippen LogP contribution in [0.3, 0.4) is 0 Å². The molecular formula is C23H20N6O4S. The minimum Gasteiger partial charge on any atom is -0.493 e. The van der Waals surface area contributed by atoms with Crippen LogP contribution >= 0.6 is 11.3 Å². The molecule has 5 aromatic rings. The van der Waals surface area contributed by atoms with Gasteiger partial charge in [0, 0.05) is 34.2 Å². The van der Waals surface area contributed by atoms with E-state index in [0.717, 1.165) is 26.6 Å². The summed E-state index contributed by atoms with van der Waals surface area (Å²) in [5, 5.41) is 17.8. The molecule has 0 radical (unpaired) electrons. The number of methoxy groups -OCH3 is 2. The fourth-order valence-corrected chi connectivity index (χ4v) is 4.77. The van der Waals surface area contributed by atoms with Crippen LogP contribution in [0.25, 0.3) is 21.0 Å². The monoisotopic (exact) mass is 476 g/mol. The Morgan fingerprint density at radius 1 is 1.09 bits per heavy atom. The van der Waals surface area contributed by atoms with Gasteiger partial charge in [-0.25, -0.2) is 0 Å². The highest BCUT2D eigenvalue weighted by Crippen LogP contribution is 2.43. The zero-order chi connectivity index (χ0) is 23.5. The van der Waals surface area contributed by atoms with E-state index in [0.29, 0.717) is 35.2 Å². The van der Waals surface area contributed by atoms with Gasteiger partial charge in [0.1, 0.15) is 4.88 Å². The van der Waals surface area contributed by atoms with Gasteiger partial charge in [0.05, 0.1) is 26.3 Å². The Bertz CT molecular complexity index is 1460. The van der Waals surface area contributed by atoms with Crippen molar-refractivity contribution < 1.29 is 19.0 Å². The molecule has 0 aliphatic carbocycles. The number of aromatic amines is 1. The van der Waals surface area contributed by atoms with Gasteiger partial charge in [0.25, 0.3) is 11.9 Å². The van der Waals surface area contributed by atoms with Crippen molar-refractivity contribution >= 4 is 44.2 Å². The molecule has 0 saturated heterocycles. The molecule has 1 amide bonds. The van der Waals surface area contributed by atoms with Crippen LogP contribution in [0, 0.1) is 0 Å². The molecule has 5 rings (SSSR count). The molecule has 0 fully saturated rings. The SMILES string of the molecule is COc1cc2sc(C(=O)Nc3nn[nH]n3)c(OCCc3cccc4ncccc34)c2cc1OC. The number of carbonyl (C=O) groups is 1. The highest BCUT2D eigenvalue weighted by atomic mass is 32.1. The number of nitrogens with one attached hydrogen (secondary N) is 2. The minimum atomic E-state index is -0.398. The first-order chi connectivity index (χ1) is 16.7. The fourth-order valence-electron chi connectivity index (χ4n) is 3.71. The number of carbonyl (C=O) groups excluding carboxylic acids is 1. The van der Waals surface area contributed by atoms with Crippen molar-refractivity contribution in [2.45, 2.75) is 6.42 Å². The van der Waals surface area contributed by atoms with Gasteiger partial charge in [0.15, 0.2) is 17.2 Å². The molecule has 2 N–H and O–H groups in total. The Hall–Kier alpha value is -4.25. The van der Waals surface area contributed by atoms with E-state index in [4.69, 9.17) is 14.2 Å². The summed E-state index contributed by atoms with van der Waals surface area (Å²) >= 11 is 1.28. The van der Waals surface area contributed by atoms with Crippen LogP contribution in [-0.4, -0.2) is 52.3 Å². The van der Waals surface area contributed by atoms with Crippen LogP contribution in [-0.2, 0) is 6.42 Å². The number of fused-ring (bicyclic) bond motifs is 2. The van der Waals surface area contributed by atoms with E-state index < -0.39 is 5.91 Å². The lowest BCUT2D eigenvalue weighted by Gasteiger charge is -2.11. The number of hydrogen-bond donors (Lipinski definition) is 2. The maximum Gasteiger partial charge on any atom is 0.272 e. The Morgan fingerprint density at radius 2 is 1.94 bits per heavy atom. The summed E-state index contributed by atoms with van der Waals surface area (Å²) in [5.41, 5.74) is 2.04. The largest absolute Gasteiger partial charge is 0.493 e. The van der Waals surface area contributed by atoms with Gasteiger partial charge in [-0.1, -0.05) is 23.3 Å². The first kappa shape index (κ1) is 21.6. The molecule has 10 nitrogen and oxygen atoms in total. The molecule has 3 heterocycles. The normalized spacial score (nSPS) is 11.0. The zero-order valence-electron chi connectivity index (χ0n) is 18.4. The number of nitrogens with zero attached hydrogens (tertiary/aromatic N) is 4. The Labute approximate surface area is 197 Å². The number of pyridine rings is 1. The van der Waals surface area contributed by atoms with Crippen molar-refractivity contribution in [3.05, 3.63) is 59.1 Å². The average molecular weight is 477 g/mol. The predicted molar refractivity (Wildman–Crippen MR) is 128 cm³/mol. The van der Waals surface area contributed by atoms with Crippen LogP contribution in [0.15, 0.2) is 48.7 Å². The molecule has 34 heavy (non-hydrogen) atoms. The summed E-state index contributed by atoms with van der Waals surface area (Å²) in [6.07, 6.45) is 2.41. The van der Waals surface area contributed by atoms with Gasteiger partial charge in [0.2, 0.25) is 0 Å². The van der Waals surface area contributed by atoms with Crippen LogP contribution < -0.4 is 19.5 Å². The number of benzene rings is 2. The number of thiophene rings is 1. The third-order valence-corrected chi connectivity index (χ3v) is 6.41. The van der Waals surface area contributed by atoms with E-state index in [1.54, 1.807) is 20.4 Å². The van der Waals surface area contributed by atoms with Crippen molar-refractivity contribution in [2.24, 2.45) is 0 Å². The number of rotatable bonds is 8. The highest BCUT2D eigenvalue weighted by Gasteiger charge is 2.23. The molecule has 0 unspecified atom stereocenters. The molecule has 2 aromatic carbocycles. The molecular weight excluding hydrogens is 456 g/mol. The lowest BCUT2D eigenvalue weighted by molar-refractivity contribution is 0.102. The number of H-pyrrole nitrogens is 1. The van der Waals surface area contributed by atoms with Gasteiger partial charge in [-0.2, -0.15) is 5.21 Å². The smallest absolute Gasteiger partial charge is 0.272 e. The van der Waals surface area contributed by atoms with Crippen molar-refractivity contribution in [2.75, 3.05) is 26.1 Å². The number of aromatic nitrogens is 5. The second kappa shape index (κ2) is 9.32. The lowest BCUT2D eigenvalue weighted by atomic mass is 10.1. The van der Waals surface area contributed by atoms with Gasteiger partial charge in [-0.15, -0.1) is 16.4 Å². The highest BCUT2D eigenvalue weighted by molar-refractivity contribution is 7.21. The van der Waals surface area contributed by atoms with E-state index in [1.807, 2.05) is 36.4 Å². The van der Waals surface area contributed by atoms with Crippen LogP contribution in [0.2, 0.25) is 0 Å². The summed E-state index contributed by atoms with van der Waals surface area (Å²) in [7, 11) is 3.13. The molecule has 0 bridgehead atoms. The maximum atomic E-state index is 13.0. The summed E-state index contributed by atoms with van der Waals surface area (Å²) in [6.45, 7) is 0.358. The van der Waals surface area contributed by atoms with E-state index in [9.17, 15) is 4.79 Å². The fraction of sp³-hybridized carbons (Fsp3) is 0.174. The number of ether oxygens (including phenoxy) is 3. The Balaban J connectivity index is 1.48. The van der Waals surface area contributed by atoms with E-state index >= 15 is 0 Å². The second-order valence-corrected chi connectivity index (χ2v) is 8.29. The summed E-state index contributed by atoms with van der Waals surface area (Å²) in [6, 6.07) is 13.6. The van der Waals surface area contributed by atoms with Crippen molar-refractivity contribution in [1.82, 2.24) is 25.6 Å². The number of tetrazole rings is 1. The molecule has 172 valence electrons. The predicted octanol–water partition coefficient (Wildman–Crippen LogP) is 3.85. The molecule has 0 spiro atoms. The van der Waals surface area contributed by atoms with Crippen molar-refractivity contribution in [1.29, 1.82) is 0 Å². The standard InChI is InChI=1S/C23H20N6O4S/c1-31-17-11-15-19(12-18(17)32-2)34-21(22(30)25-23-26-28-29-27-23)20(15)33-10-8-13-5-3-7-16-14(13)6-4-9-24-16/h3-7,9,11-12H,8,10H2,1-2H3,(H2,25,26,27,28,29,30). The molecule has 0 aliphatic rings. The first-order valence-corrected chi connectivity index (χ1v) is 11.2. The Kier molecular flexibility index (Phi) is 5.91. The number of hydrogen-bond acceptors (Lipinski definition) is 9. The third kappa shape index (κ3) is 4.08. The minimum absolute atomic E-state index is 0.0758. The average Bonchev–Trinajstić information content (AvgIpc) is 3.51. The first-order valence-electron chi connectivity index (χ1n) is 10.4. The molecule has 0 atom stereocenters. The number of anilines is 1. The second-order valence-electron chi connectivity index (χ2n) is 7.24. The van der Waals surface area contributed by atoms with Gasteiger partial charge in [-0.3, -0.25) is 15.1 Å². The Morgan fingerprint density at radius 3 is 2.74 bits per heavy atom. The molecule has 11 heteroatoms. The quantitative estimate of drug-likeness (QED) is 0.346. The zero-order valence-corrected chi connectivity index (χ0v) is 19.2. The van der Waals surface area contributed by atoms with Crippen LogP contribution in [0.4, 0.5) is 5.95 Å². The molecule has 0 saturated carbocycles. The van der Waals surface area contributed by atoms with Crippen LogP contribution in [0.1, 0.15) is 15.2 Å². The summed E-state index contributed by atoms with van der Waals surface area (Å²) in [5.74, 6) is 1.25. The van der Waals surface area contributed by atoms with Gasteiger partial charge >= 0.3 is 0 Å². The van der Waals surface area contributed by atoms with E-state index in [-0.39, 0.29) is 5.95 Å². The van der Waals surface area contributed by atoms with E-state index in [2.05, 4.69) is 37.0 Å². The number of amides is 1. The topological polar surface area (TPSA) is 124 Å². The summed E-state index contributed by atoms with van der Waals surface area (Å²) in [4.78, 5) is 17.8. The van der Waals surface area contributed by atoms with Gasteiger partial charge < -0.3 is 14.2 Å². The maximum absolute atomic E-state index is 13.0. The lowest BCUT2D eigenvalue weighted by Crippen LogP contribution is -2.13. The van der Waals surface area contributed by atoms with Crippen molar-refractivity contribution in [3.8, 4) is 17.2 Å². The molecule has 0 aliphatic heterocycles. The molecule has 3 aromatic heterocycles.